The number of nitrogen functional groups attached to an aromatic ring is 1. The second-order valence-corrected chi connectivity index (χ2v) is 5.70. The molecule has 0 aromatic carbocycles. The zero-order valence-corrected chi connectivity index (χ0v) is 9.36. The minimum Gasteiger partial charge on any atom is -0.381 e. The van der Waals surface area contributed by atoms with Crippen molar-refractivity contribution in [1.29, 1.82) is 0 Å². The maximum Gasteiger partial charge on any atom is 0.167 e. The average molecular weight is 206 g/mol. The Hall–Kier alpha value is -0.990. The van der Waals surface area contributed by atoms with Crippen LogP contribution in [0.1, 0.15) is 44.8 Å². The minimum atomic E-state index is 0.491. The third kappa shape index (κ3) is 1.15. The topological polar surface area (TPSA) is 52.0 Å². The molecule has 1 aromatic heterocycles. The van der Waals surface area contributed by atoms with Crippen molar-refractivity contribution in [3.05, 3.63) is 11.8 Å². The molecule has 0 amide bonds. The number of nitrogens with two attached hydrogens (primary N) is 1. The van der Waals surface area contributed by atoms with Gasteiger partial charge in [-0.2, -0.15) is 0 Å². The number of rotatable bonds is 1. The molecule has 0 saturated heterocycles. The fourth-order valence-electron chi connectivity index (χ4n) is 3.63. The molecule has 15 heavy (non-hydrogen) atoms. The summed E-state index contributed by atoms with van der Waals surface area (Å²) in [5, 5.41) is 3.79. The summed E-state index contributed by atoms with van der Waals surface area (Å²) in [7, 11) is 0. The predicted molar refractivity (Wildman–Crippen MR) is 58.3 cm³/mol. The van der Waals surface area contributed by atoms with Gasteiger partial charge < -0.3 is 10.3 Å². The fraction of sp³-hybridized carbons (Fsp3) is 0.750. The van der Waals surface area contributed by atoms with E-state index in [4.69, 9.17) is 10.3 Å². The molecule has 4 rings (SSSR count). The van der Waals surface area contributed by atoms with Gasteiger partial charge in [0.1, 0.15) is 5.76 Å². The molecule has 3 heteroatoms. The summed E-state index contributed by atoms with van der Waals surface area (Å²) in [6, 6.07) is 1.90. The summed E-state index contributed by atoms with van der Waals surface area (Å²) in [5.74, 6) is 3.77. The third-order valence-electron chi connectivity index (χ3n) is 4.77. The van der Waals surface area contributed by atoms with E-state index in [1.54, 1.807) is 0 Å². The third-order valence-corrected chi connectivity index (χ3v) is 4.77. The van der Waals surface area contributed by atoms with E-state index in [9.17, 15) is 0 Å². The molecule has 2 bridgehead atoms. The molecule has 3 fully saturated rings. The Morgan fingerprint density at radius 1 is 1.47 bits per heavy atom. The fourth-order valence-corrected chi connectivity index (χ4v) is 3.63. The summed E-state index contributed by atoms with van der Waals surface area (Å²) < 4.78 is 5.32. The number of fused-ring (bicyclic) bond motifs is 2. The second-order valence-electron chi connectivity index (χ2n) is 5.70. The molecule has 82 valence electrons. The van der Waals surface area contributed by atoms with Gasteiger partial charge in [0, 0.05) is 12.0 Å². The molecule has 3 aliphatic carbocycles. The summed E-state index contributed by atoms with van der Waals surface area (Å²) in [6.45, 7) is 4.77. The van der Waals surface area contributed by atoms with Gasteiger partial charge in [0.15, 0.2) is 5.82 Å². The van der Waals surface area contributed by atoms with Crippen molar-refractivity contribution in [3.8, 4) is 0 Å². The highest BCUT2D eigenvalue weighted by Gasteiger charge is 2.55. The van der Waals surface area contributed by atoms with Gasteiger partial charge in [-0.3, -0.25) is 0 Å². The summed E-state index contributed by atoms with van der Waals surface area (Å²) in [4.78, 5) is 0. The van der Waals surface area contributed by atoms with Gasteiger partial charge in [-0.15, -0.1) is 0 Å². The highest BCUT2D eigenvalue weighted by atomic mass is 16.5. The highest BCUT2D eigenvalue weighted by molar-refractivity contribution is 5.29. The lowest BCUT2D eigenvalue weighted by Crippen LogP contribution is -2.51. The van der Waals surface area contributed by atoms with Crippen LogP contribution >= 0.6 is 0 Å². The van der Waals surface area contributed by atoms with Gasteiger partial charge in [-0.25, -0.2) is 0 Å². The molecule has 1 aromatic rings. The predicted octanol–water partition coefficient (Wildman–Crippen LogP) is 2.80. The van der Waals surface area contributed by atoms with Crippen LogP contribution in [0, 0.1) is 17.3 Å². The van der Waals surface area contributed by atoms with Crippen LogP contribution in [0.2, 0.25) is 0 Å². The second kappa shape index (κ2) is 2.77. The van der Waals surface area contributed by atoms with Crippen LogP contribution < -0.4 is 5.73 Å². The smallest absolute Gasteiger partial charge is 0.167 e. The maximum atomic E-state index is 5.61. The molecule has 3 aliphatic rings. The molecule has 0 spiro atoms. The van der Waals surface area contributed by atoms with Crippen molar-refractivity contribution in [3.63, 3.8) is 0 Å². The van der Waals surface area contributed by atoms with E-state index in [-0.39, 0.29) is 0 Å². The number of hydrogen-bond acceptors (Lipinski definition) is 3. The zero-order valence-electron chi connectivity index (χ0n) is 9.36. The number of aromatic nitrogens is 1. The van der Waals surface area contributed by atoms with Gasteiger partial charge in [0.05, 0.1) is 0 Å². The standard InChI is InChI=1S/C12H18N2O/c1-12(2)7-3-4-8(9(12)5-7)10-6-11(13)14-15-10/h6-9H,3-5H2,1-2H3,(H2,13,14)/t7-,8?,9-/m0/s1. The van der Waals surface area contributed by atoms with Crippen LogP contribution in [0.25, 0.3) is 0 Å². The largest absolute Gasteiger partial charge is 0.381 e. The van der Waals surface area contributed by atoms with Crippen LogP contribution in [0.5, 0.6) is 0 Å². The molecular weight excluding hydrogens is 188 g/mol. The molecular formula is C12H18N2O. The number of nitrogens with zero attached hydrogens (tertiary/aromatic N) is 1. The van der Waals surface area contributed by atoms with Gasteiger partial charge in [-0.1, -0.05) is 19.0 Å². The lowest BCUT2D eigenvalue weighted by molar-refractivity contribution is -0.0855. The maximum absolute atomic E-state index is 5.61. The van der Waals surface area contributed by atoms with Crippen molar-refractivity contribution in [2.24, 2.45) is 17.3 Å². The molecule has 2 N–H and O–H groups in total. The lowest BCUT2D eigenvalue weighted by atomic mass is 9.45. The molecule has 0 radical (unpaired) electrons. The van der Waals surface area contributed by atoms with Crippen LogP contribution in [-0.4, -0.2) is 5.16 Å². The van der Waals surface area contributed by atoms with Gasteiger partial charge in [0.25, 0.3) is 0 Å². The Morgan fingerprint density at radius 2 is 2.27 bits per heavy atom. The summed E-state index contributed by atoms with van der Waals surface area (Å²) >= 11 is 0. The monoisotopic (exact) mass is 206 g/mol. The molecule has 1 unspecified atom stereocenters. The zero-order chi connectivity index (χ0) is 10.6. The minimum absolute atomic E-state index is 0.491. The van der Waals surface area contributed by atoms with Crippen molar-refractivity contribution in [2.45, 2.75) is 39.0 Å². The van der Waals surface area contributed by atoms with Crippen molar-refractivity contribution < 1.29 is 4.52 Å². The highest BCUT2D eigenvalue weighted by Crippen LogP contribution is 2.63. The van der Waals surface area contributed by atoms with E-state index in [0.717, 1.165) is 17.6 Å². The molecule has 3 saturated carbocycles. The van der Waals surface area contributed by atoms with E-state index < -0.39 is 0 Å². The first-order chi connectivity index (χ1) is 7.09. The van der Waals surface area contributed by atoms with Gasteiger partial charge in [0.2, 0.25) is 0 Å². The Kier molecular flexibility index (Phi) is 1.71. The SMILES string of the molecule is CC1(C)[C@H]2CCC(c3cc(N)no3)[C@@H]1C2. The normalized spacial score (nSPS) is 37.3. The van der Waals surface area contributed by atoms with Crippen LogP contribution in [-0.2, 0) is 0 Å². The average Bonchev–Trinajstić information content (AvgIpc) is 2.64. The van der Waals surface area contributed by atoms with E-state index in [1.807, 2.05) is 6.07 Å². The van der Waals surface area contributed by atoms with Gasteiger partial charge in [-0.05, 0) is 36.5 Å². The molecule has 1 heterocycles. The Labute approximate surface area is 90.0 Å². The van der Waals surface area contributed by atoms with E-state index in [0.29, 0.717) is 17.2 Å². The first-order valence-corrected chi connectivity index (χ1v) is 5.81. The Morgan fingerprint density at radius 3 is 2.80 bits per heavy atom. The first kappa shape index (κ1) is 9.25. The number of hydrogen-bond donors (Lipinski definition) is 1. The van der Waals surface area contributed by atoms with Crippen molar-refractivity contribution >= 4 is 5.82 Å². The Bertz CT molecular complexity index is 381. The van der Waals surface area contributed by atoms with E-state index >= 15 is 0 Å². The van der Waals surface area contributed by atoms with Crippen molar-refractivity contribution in [2.75, 3.05) is 5.73 Å². The van der Waals surface area contributed by atoms with Crippen molar-refractivity contribution in [1.82, 2.24) is 5.16 Å². The quantitative estimate of drug-likeness (QED) is 0.768. The van der Waals surface area contributed by atoms with Gasteiger partial charge >= 0.3 is 0 Å². The van der Waals surface area contributed by atoms with Crippen LogP contribution in [0.15, 0.2) is 10.6 Å². The molecule has 3 nitrogen and oxygen atoms in total. The van der Waals surface area contributed by atoms with Crippen LogP contribution in [0.3, 0.4) is 0 Å². The molecule has 0 aliphatic heterocycles. The summed E-state index contributed by atoms with van der Waals surface area (Å²) in [6.07, 6.45) is 3.93. The van der Waals surface area contributed by atoms with Crippen LogP contribution in [0.4, 0.5) is 5.82 Å². The van der Waals surface area contributed by atoms with E-state index in [1.165, 1.54) is 19.3 Å². The molecule has 3 atom stereocenters. The summed E-state index contributed by atoms with van der Waals surface area (Å²) in [5.41, 5.74) is 6.10. The Balaban J connectivity index is 1.88. The lowest BCUT2D eigenvalue weighted by Gasteiger charge is -2.59. The number of anilines is 1. The van der Waals surface area contributed by atoms with E-state index in [2.05, 4.69) is 19.0 Å². The first-order valence-electron chi connectivity index (χ1n) is 5.81.